The van der Waals surface area contributed by atoms with Gasteiger partial charge < -0.3 is 20.9 Å². The van der Waals surface area contributed by atoms with E-state index in [9.17, 15) is 32.3 Å². The fourth-order valence-electron chi connectivity index (χ4n) is 3.63. The maximum Gasteiger partial charge on any atom is 0.435 e. The smallest absolute Gasteiger partial charge is 0.435 e. The highest BCUT2D eigenvalue weighted by Gasteiger charge is 2.36. The van der Waals surface area contributed by atoms with Crippen LogP contribution in [0.1, 0.15) is 39.0 Å². The van der Waals surface area contributed by atoms with Crippen molar-refractivity contribution in [3.8, 4) is 5.69 Å². The second-order valence-electron chi connectivity index (χ2n) is 8.11. The molecule has 0 spiro atoms. The van der Waals surface area contributed by atoms with E-state index in [1.54, 1.807) is 30.3 Å². The van der Waals surface area contributed by atoms with Crippen molar-refractivity contribution in [1.82, 2.24) is 9.78 Å². The number of rotatable bonds is 7. The number of carbonyl (C=O) groups excluding carboxylic acids is 2. The lowest BCUT2D eigenvalue weighted by Gasteiger charge is -2.14. The Labute approximate surface area is 213 Å². The van der Waals surface area contributed by atoms with Crippen LogP contribution in [0.4, 0.5) is 28.0 Å². The molecule has 0 aliphatic rings. The van der Waals surface area contributed by atoms with Crippen LogP contribution in [-0.2, 0) is 17.5 Å². The fourth-order valence-corrected chi connectivity index (χ4v) is 3.63. The summed E-state index contributed by atoms with van der Waals surface area (Å²) in [7, 11) is 0. The first kappa shape index (κ1) is 26.4. The number of nitrogens with one attached hydrogen (secondary N) is 1. The highest BCUT2D eigenvalue weighted by Crippen LogP contribution is 2.31. The highest BCUT2D eigenvalue weighted by molar-refractivity contribution is 6.03. The number of carbonyl (C=O) groups is 2. The van der Waals surface area contributed by atoms with Crippen LogP contribution in [0.3, 0.4) is 0 Å². The summed E-state index contributed by atoms with van der Waals surface area (Å²) >= 11 is 0. The van der Waals surface area contributed by atoms with Crippen molar-refractivity contribution in [2.24, 2.45) is 5.73 Å². The zero-order valence-corrected chi connectivity index (χ0v) is 19.4. The fraction of sp³-hybridized carbons (Fsp3) is 0.115. The van der Waals surface area contributed by atoms with Gasteiger partial charge in [0.05, 0.1) is 11.4 Å². The molecular weight excluding hydrogens is 508 g/mol. The summed E-state index contributed by atoms with van der Waals surface area (Å²) < 4.78 is 60.5. The molecule has 0 radical (unpaired) electrons. The molecule has 196 valence electrons. The van der Waals surface area contributed by atoms with Crippen molar-refractivity contribution in [2.75, 3.05) is 5.32 Å². The van der Waals surface area contributed by atoms with Gasteiger partial charge in [-0.1, -0.05) is 48.5 Å². The molecule has 0 aliphatic heterocycles. The number of anilines is 1. The lowest BCUT2D eigenvalue weighted by atomic mass is 10.0. The zero-order valence-electron chi connectivity index (χ0n) is 19.4. The molecule has 4 N–H and O–H groups in total. The normalized spacial score (nSPS) is 12.1. The predicted molar refractivity (Wildman–Crippen MR) is 128 cm³/mol. The second kappa shape index (κ2) is 10.7. The highest BCUT2D eigenvalue weighted by atomic mass is 19.4. The molecule has 3 aromatic carbocycles. The van der Waals surface area contributed by atoms with E-state index in [-0.39, 0.29) is 23.5 Å². The molecular formula is C26H20F4N4O4. The minimum Gasteiger partial charge on any atom is -0.445 e. The molecule has 0 saturated carbocycles. The average Bonchev–Trinajstić information content (AvgIpc) is 3.36. The number of amides is 2. The molecule has 1 atom stereocenters. The summed E-state index contributed by atoms with van der Waals surface area (Å²) in [5.41, 5.74) is 3.88. The third-order valence-electron chi connectivity index (χ3n) is 5.44. The monoisotopic (exact) mass is 528 g/mol. The molecule has 8 nitrogen and oxygen atoms in total. The SMILES string of the molecule is NC(=O)OCc1cccc(-n2nc(C(F)(F)F)cc2C(=O)Nc2cc(C(O)c3ccccc3)ccc2F)c1. The molecule has 2 amide bonds. The largest absolute Gasteiger partial charge is 0.445 e. The average molecular weight is 528 g/mol. The van der Waals surface area contributed by atoms with Gasteiger partial charge in [-0.05, 0) is 41.0 Å². The molecule has 1 aromatic heterocycles. The lowest BCUT2D eigenvalue weighted by molar-refractivity contribution is -0.141. The summed E-state index contributed by atoms with van der Waals surface area (Å²) in [6.45, 7) is -0.264. The second-order valence-corrected chi connectivity index (χ2v) is 8.11. The third kappa shape index (κ3) is 5.98. The topological polar surface area (TPSA) is 119 Å². The first-order valence-corrected chi connectivity index (χ1v) is 11.1. The maximum absolute atomic E-state index is 14.6. The molecule has 0 aliphatic carbocycles. The van der Waals surface area contributed by atoms with E-state index in [1.165, 1.54) is 36.4 Å². The molecule has 12 heteroatoms. The summed E-state index contributed by atoms with van der Waals surface area (Å²) in [5.74, 6) is -1.95. The third-order valence-corrected chi connectivity index (χ3v) is 5.44. The van der Waals surface area contributed by atoms with Crippen LogP contribution in [0, 0.1) is 5.82 Å². The van der Waals surface area contributed by atoms with Crippen molar-refractivity contribution >= 4 is 17.7 Å². The number of halogens is 4. The van der Waals surface area contributed by atoms with Crippen LogP contribution in [-0.4, -0.2) is 26.9 Å². The number of nitrogens with zero attached hydrogens (tertiary/aromatic N) is 2. The van der Waals surface area contributed by atoms with Crippen LogP contribution in [0.2, 0.25) is 0 Å². The Morgan fingerprint density at radius 1 is 1.00 bits per heavy atom. The zero-order chi connectivity index (χ0) is 27.4. The van der Waals surface area contributed by atoms with Crippen molar-refractivity contribution in [1.29, 1.82) is 0 Å². The van der Waals surface area contributed by atoms with Gasteiger partial charge in [-0.25, -0.2) is 13.9 Å². The van der Waals surface area contributed by atoms with Crippen molar-refractivity contribution in [3.05, 3.63) is 113 Å². The van der Waals surface area contributed by atoms with Gasteiger partial charge in [-0.3, -0.25) is 4.79 Å². The Balaban J connectivity index is 1.68. The summed E-state index contributed by atoms with van der Waals surface area (Å²) in [6.07, 6.45) is -7.06. The van der Waals surface area contributed by atoms with E-state index >= 15 is 0 Å². The van der Waals surface area contributed by atoms with Crippen LogP contribution >= 0.6 is 0 Å². The summed E-state index contributed by atoms with van der Waals surface area (Å²) in [4.78, 5) is 24.0. The van der Waals surface area contributed by atoms with E-state index in [0.717, 1.165) is 10.7 Å². The number of alkyl halides is 3. The van der Waals surface area contributed by atoms with Crippen molar-refractivity contribution < 1.29 is 37.0 Å². The van der Waals surface area contributed by atoms with Crippen LogP contribution in [0.15, 0.2) is 78.9 Å². The molecule has 4 aromatic rings. The number of primary amides is 1. The number of ether oxygens (including phenoxy) is 1. The van der Waals surface area contributed by atoms with E-state index in [2.05, 4.69) is 10.4 Å². The first-order valence-electron chi connectivity index (χ1n) is 11.1. The van der Waals surface area contributed by atoms with E-state index in [4.69, 9.17) is 10.5 Å². The lowest BCUT2D eigenvalue weighted by Crippen LogP contribution is -2.18. The van der Waals surface area contributed by atoms with Gasteiger partial charge in [0.25, 0.3) is 5.91 Å². The Morgan fingerprint density at radius 2 is 1.74 bits per heavy atom. The standard InChI is InChI=1S/C26H20F4N4O4/c27-19-10-9-17(23(35)16-6-2-1-3-7-16)12-20(19)32-24(36)21-13-22(26(28,29)30)33-34(21)18-8-4-5-15(11-18)14-38-25(31)37/h1-13,23,35H,14H2,(H2,31,37)(H,32,36). The number of aliphatic hydroxyl groups excluding tert-OH is 1. The molecule has 4 rings (SSSR count). The summed E-state index contributed by atoms with van der Waals surface area (Å²) in [5, 5.41) is 16.4. The number of aliphatic hydroxyl groups is 1. The predicted octanol–water partition coefficient (Wildman–Crippen LogP) is 4.96. The molecule has 38 heavy (non-hydrogen) atoms. The Bertz CT molecular complexity index is 1470. The number of hydrogen-bond donors (Lipinski definition) is 3. The van der Waals surface area contributed by atoms with E-state index in [0.29, 0.717) is 17.2 Å². The first-order chi connectivity index (χ1) is 18.0. The minimum absolute atomic E-state index is 0.0462. The van der Waals surface area contributed by atoms with Crippen LogP contribution in [0.25, 0.3) is 5.69 Å². The van der Waals surface area contributed by atoms with Gasteiger partial charge >= 0.3 is 12.3 Å². The Kier molecular flexibility index (Phi) is 7.44. The maximum atomic E-state index is 14.6. The van der Waals surface area contributed by atoms with Gasteiger partial charge in [0, 0.05) is 6.07 Å². The quantitative estimate of drug-likeness (QED) is 0.293. The Morgan fingerprint density at radius 3 is 2.42 bits per heavy atom. The van der Waals surface area contributed by atoms with E-state index in [1.807, 2.05) is 0 Å². The summed E-state index contributed by atoms with van der Waals surface area (Å²) in [6, 6.07) is 18.3. The van der Waals surface area contributed by atoms with Crippen LogP contribution in [0.5, 0.6) is 0 Å². The molecule has 0 fully saturated rings. The molecule has 1 heterocycles. The van der Waals surface area contributed by atoms with Gasteiger partial charge in [0.2, 0.25) is 0 Å². The van der Waals surface area contributed by atoms with Gasteiger partial charge in [0.1, 0.15) is 24.2 Å². The molecule has 1 unspecified atom stereocenters. The van der Waals surface area contributed by atoms with Gasteiger partial charge in [0.15, 0.2) is 5.69 Å². The molecule has 0 saturated heterocycles. The molecule has 0 bridgehead atoms. The van der Waals surface area contributed by atoms with E-state index < -0.39 is 41.5 Å². The number of aromatic nitrogens is 2. The minimum atomic E-state index is -4.88. The number of hydrogen-bond acceptors (Lipinski definition) is 5. The van der Waals surface area contributed by atoms with Crippen molar-refractivity contribution in [2.45, 2.75) is 18.9 Å². The van der Waals surface area contributed by atoms with Gasteiger partial charge in [-0.15, -0.1) is 0 Å². The van der Waals surface area contributed by atoms with Crippen molar-refractivity contribution in [3.63, 3.8) is 0 Å². The van der Waals surface area contributed by atoms with Crippen LogP contribution < -0.4 is 11.1 Å². The Hall–Kier alpha value is -4.71. The number of benzene rings is 3. The van der Waals surface area contributed by atoms with Gasteiger partial charge in [-0.2, -0.15) is 18.3 Å². The number of nitrogens with two attached hydrogens (primary N) is 1.